The number of carbonyl (C=O) groups is 1. The number of nitrogens with zero attached hydrogens (tertiary/aromatic N) is 1. The van der Waals surface area contributed by atoms with Crippen molar-refractivity contribution in [2.24, 2.45) is 11.7 Å². The number of hydrogen-bond acceptors (Lipinski definition) is 4. The predicted octanol–water partition coefficient (Wildman–Crippen LogP) is 1.11. The number of piperidine rings is 1. The first-order valence-corrected chi connectivity index (χ1v) is 9.14. The molecule has 0 aliphatic carbocycles. The summed E-state index contributed by atoms with van der Waals surface area (Å²) in [4.78, 5) is 13.4. The third-order valence-corrected chi connectivity index (χ3v) is 5.55. The maximum absolute atomic E-state index is 13.5. The monoisotopic (exact) mass is 379 g/mol. The summed E-state index contributed by atoms with van der Waals surface area (Å²) in [5.41, 5.74) is 5.61. The van der Waals surface area contributed by atoms with Gasteiger partial charge < -0.3 is 10.6 Å². The van der Waals surface area contributed by atoms with Crippen molar-refractivity contribution in [3.8, 4) is 0 Å². The molecule has 1 saturated heterocycles. The molecule has 1 aromatic rings. The maximum Gasteiger partial charge on any atom is 0.243 e. The predicted molar refractivity (Wildman–Crippen MR) is 91.8 cm³/mol. The molecule has 24 heavy (non-hydrogen) atoms. The molecule has 9 heteroatoms. The molecule has 0 radical (unpaired) electrons. The fraction of sp³-hybridized carbons (Fsp3) is 0.533. The fourth-order valence-corrected chi connectivity index (χ4v) is 3.72. The molecule has 136 valence electrons. The number of nitrogens with one attached hydrogen (secondary N) is 1. The number of hydrogen-bond donors (Lipinski definition) is 2. The lowest BCUT2D eigenvalue weighted by molar-refractivity contribution is -0.132. The number of carbonyl (C=O) groups excluding carboxylic acids is 1. The first-order valence-electron chi connectivity index (χ1n) is 7.66. The smallest absolute Gasteiger partial charge is 0.243 e. The van der Waals surface area contributed by atoms with Gasteiger partial charge in [0, 0.05) is 26.1 Å². The molecule has 0 unspecified atom stereocenters. The highest BCUT2D eigenvalue weighted by Gasteiger charge is 2.23. The number of rotatable bonds is 6. The molecule has 1 aromatic carbocycles. The van der Waals surface area contributed by atoms with Crippen molar-refractivity contribution < 1.29 is 17.6 Å². The van der Waals surface area contributed by atoms with Crippen molar-refractivity contribution >= 4 is 28.3 Å². The summed E-state index contributed by atoms with van der Waals surface area (Å²) in [5, 5.41) is 0. The van der Waals surface area contributed by atoms with Crippen LogP contribution in [0.1, 0.15) is 19.3 Å². The Kier molecular flexibility index (Phi) is 8.08. The molecule has 1 aliphatic rings. The summed E-state index contributed by atoms with van der Waals surface area (Å²) in [7, 11) is -3.94. The SMILES string of the molecule is Cl.NCC1CCN(C(=O)CCNS(=O)(=O)c2ccccc2F)CC1. The lowest BCUT2D eigenvalue weighted by atomic mass is 9.97. The van der Waals surface area contributed by atoms with Crippen LogP contribution in [0.5, 0.6) is 0 Å². The third-order valence-electron chi connectivity index (χ3n) is 4.06. The Morgan fingerprint density at radius 2 is 1.92 bits per heavy atom. The Hall–Kier alpha value is -1.22. The Bertz CT molecular complexity index is 649. The topological polar surface area (TPSA) is 92.5 Å². The van der Waals surface area contributed by atoms with Crippen LogP contribution in [0.2, 0.25) is 0 Å². The average molecular weight is 380 g/mol. The summed E-state index contributed by atoms with van der Waals surface area (Å²) in [6.45, 7) is 1.89. The van der Waals surface area contributed by atoms with Crippen molar-refractivity contribution in [3.05, 3.63) is 30.1 Å². The van der Waals surface area contributed by atoms with Crippen LogP contribution in [0.25, 0.3) is 0 Å². The van der Waals surface area contributed by atoms with E-state index in [1.165, 1.54) is 18.2 Å². The van der Waals surface area contributed by atoms with E-state index in [0.717, 1.165) is 18.9 Å². The summed E-state index contributed by atoms with van der Waals surface area (Å²) in [6.07, 6.45) is 1.81. The second-order valence-electron chi connectivity index (χ2n) is 5.64. The van der Waals surface area contributed by atoms with Gasteiger partial charge in [-0.15, -0.1) is 12.4 Å². The van der Waals surface area contributed by atoms with Crippen LogP contribution in [0.3, 0.4) is 0 Å². The lowest BCUT2D eigenvalue weighted by Crippen LogP contribution is -2.41. The van der Waals surface area contributed by atoms with Gasteiger partial charge in [-0.2, -0.15) is 0 Å². The number of halogens is 2. The van der Waals surface area contributed by atoms with Gasteiger partial charge >= 0.3 is 0 Å². The molecule has 3 N–H and O–H groups in total. The van der Waals surface area contributed by atoms with E-state index < -0.39 is 20.7 Å². The summed E-state index contributed by atoms with van der Waals surface area (Å²) < 4.78 is 39.8. The largest absolute Gasteiger partial charge is 0.343 e. The number of likely N-dealkylation sites (tertiary alicyclic amines) is 1. The van der Waals surface area contributed by atoms with Gasteiger partial charge in [-0.3, -0.25) is 4.79 Å². The van der Waals surface area contributed by atoms with Crippen LogP contribution in [0.4, 0.5) is 4.39 Å². The van der Waals surface area contributed by atoms with E-state index in [1.807, 2.05) is 0 Å². The first kappa shape index (κ1) is 20.8. The Balaban J connectivity index is 0.00000288. The van der Waals surface area contributed by atoms with Gasteiger partial charge in [0.25, 0.3) is 0 Å². The lowest BCUT2D eigenvalue weighted by Gasteiger charge is -2.31. The molecule has 1 heterocycles. The molecular weight excluding hydrogens is 357 g/mol. The summed E-state index contributed by atoms with van der Waals surface area (Å²) in [5.74, 6) is -0.453. The minimum atomic E-state index is -3.94. The van der Waals surface area contributed by atoms with Crippen LogP contribution in [0.15, 0.2) is 29.2 Å². The third kappa shape index (κ3) is 5.41. The van der Waals surface area contributed by atoms with E-state index in [-0.39, 0.29) is 31.3 Å². The highest BCUT2D eigenvalue weighted by atomic mass is 35.5. The molecule has 1 aliphatic heterocycles. The quantitative estimate of drug-likeness (QED) is 0.774. The van der Waals surface area contributed by atoms with E-state index >= 15 is 0 Å². The minimum absolute atomic E-state index is 0. The minimum Gasteiger partial charge on any atom is -0.343 e. The van der Waals surface area contributed by atoms with E-state index in [1.54, 1.807) is 4.90 Å². The first-order chi connectivity index (χ1) is 10.9. The Morgan fingerprint density at radius 3 is 2.50 bits per heavy atom. The molecule has 0 atom stereocenters. The van der Waals surface area contributed by atoms with E-state index in [4.69, 9.17) is 5.73 Å². The van der Waals surface area contributed by atoms with Crippen molar-refractivity contribution in [1.82, 2.24) is 9.62 Å². The zero-order valence-electron chi connectivity index (χ0n) is 13.3. The number of amides is 1. The van der Waals surface area contributed by atoms with Gasteiger partial charge in [0.2, 0.25) is 15.9 Å². The van der Waals surface area contributed by atoms with Crippen LogP contribution in [-0.4, -0.2) is 45.4 Å². The van der Waals surface area contributed by atoms with Gasteiger partial charge in [0.05, 0.1) is 0 Å². The molecule has 1 amide bonds. The molecule has 2 rings (SSSR count). The molecule has 0 aromatic heterocycles. The van der Waals surface area contributed by atoms with Crippen LogP contribution in [0, 0.1) is 11.7 Å². The second kappa shape index (κ2) is 9.31. The van der Waals surface area contributed by atoms with E-state index in [9.17, 15) is 17.6 Å². The standard InChI is InChI=1S/C15H22FN3O3S.ClH/c16-13-3-1-2-4-14(13)23(21,22)18-8-5-15(20)19-9-6-12(11-17)7-10-19;/h1-4,12,18H,5-11,17H2;1H. The number of sulfonamides is 1. The van der Waals surface area contributed by atoms with Gasteiger partial charge in [0.1, 0.15) is 10.7 Å². The van der Waals surface area contributed by atoms with Gasteiger partial charge in [-0.25, -0.2) is 17.5 Å². The summed E-state index contributed by atoms with van der Waals surface area (Å²) >= 11 is 0. The second-order valence-corrected chi connectivity index (χ2v) is 7.37. The molecule has 6 nitrogen and oxygen atoms in total. The highest BCUT2D eigenvalue weighted by molar-refractivity contribution is 7.89. The van der Waals surface area contributed by atoms with E-state index in [2.05, 4.69) is 4.72 Å². The van der Waals surface area contributed by atoms with Gasteiger partial charge in [-0.1, -0.05) is 12.1 Å². The summed E-state index contributed by atoms with van der Waals surface area (Å²) in [6, 6.07) is 5.14. The normalized spacial score (nSPS) is 15.8. The average Bonchev–Trinajstić information content (AvgIpc) is 2.55. The van der Waals surface area contributed by atoms with Gasteiger partial charge in [-0.05, 0) is 37.4 Å². The van der Waals surface area contributed by atoms with Crippen LogP contribution >= 0.6 is 12.4 Å². The zero-order valence-corrected chi connectivity index (χ0v) is 14.9. The molecule has 0 bridgehead atoms. The maximum atomic E-state index is 13.5. The number of benzene rings is 1. The van der Waals surface area contributed by atoms with Crippen molar-refractivity contribution in [2.75, 3.05) is 26.2 Å². The van der Waals surface area contributed by atoms with Crippen LogP contribution < -0.4 is 10.5 Å². The van der Waals surface area contributed by atoms with Crippen molar-refractivity contribution in [3.63, 3.8) is 0 Å². The zero-order chi connectivity index (χ0) is 16.9. The molecule has 0 saturated carbocycles. The number of nitrogens with two attached hydrogens (primary N) is 1. The van der Waals surface area contributed by atoms with E-state index in [0.29, 0.717) is 25.6 Å². The highest BCUT2D eigenvalue weighted by Crippen LogP contribution is 2.16. The molecular formula is C15H23ClFN3O3S. The van der Waals surface area contributed by atoms with Crippen LogP contribution in [-0.2, 0) is 14.8 Å². The van der Waals surface area contributed by atoms with Gasteiger partial charge in [0.15, 0.2) is 0 Å². The van der Waals surface area contributed by atoms with Crippen molar-refractivity contribution in [2.45, 2.75) is 24.2 Å². The Morgan fingerprint density at radius 1 is 1.29 bits per heavy atom. The fourth-order valence-electron chi connectivity index (χ4n) is 2.61. The molecule has 1 fully saturated rings. The molecule has 0 spiro atoms. The Labute approximate surface area is 148 Å². The van der Waals surface area contributed by atoms with Crippen molar-refractivity contribution in [1.29, 1.82) is 0 Å².